The Morgan fingerprint density at radius 3 is 2.67 bits per heavy atom. The van der Waals surface area contributed by atoms with Gasteiger partial charge in [0.15, 0.2) is 17.8 Å². The maximum atomic E-state index is 12.7. The molecule has 0 saturated carbocycles. The minimum absolute atomic E-state index is 0.206. The lowest BCUT2D eigenvalue weighted by atomic mass is 10.0. The molecule has 0 bridgehead atoms. The standard InChI is InChI=1S/C21H15ClN2O3/c1-26-18-9-8-16(11-17(18)22)24-21(25)19-20(27-12-23-19)15-7-6-13-4-2-3-5-14(13)10-15/h2-12H,1H3,(H,24,25). The van der Waals surface area contributed by atoms with E-state index in [0.717, 1.165) is 16.3 Å². The summed E-state index contributed by atoms with van der Waals surface area (Å²) in [5.74, 6) is 0.568. The summed E-state index contributed by atoms with van der Waals surface area (Å²) < 4.78 is 10.6. The number of benzene rings is 3. The first-order valence-electron chi connectivity index (χ1n) is 8.23. The number of nitrogens with one attached hydrogen (secondary N) is 1. The summed E-state index contributed by atoms with van der Waals surface area (Å²) in [5, 5.41) is 5.36. The number of methoxy groups -OCH3 is 1. The quantitative estimate of drug-likeness (QED) is 0.515. The number of amides is 1. The molecule has 3 aromatic carbocycles. The number of carbonyl (C=O) groups excluding carboxylic acids is 1. The van der Waals surface area contributed by atoms with Crippen LogP contribution in [-0.2, 0) is 0 Å². The first-order chi connectivity index (χ1) is 13.2. The van der Waals surface area contributed by atoms with Crippen LogP contribution in [-0.4, -0.2) is 18.0 Å². The monoisotopic (exact) mass is 378 g/mol. The van der Waals surface area contributed by atoms with E-state index in [1.54, 1.807) is 18.2 Å². The molecule has 0 spiro atoms. The smallest absolute Gasteiger partial charge is 0.278 e. The highest BCUT2D eigenvalue weighted by molar-refractivity contribution is 6.32. The summed E-state index contributed by atoms with van der Waals surface area (Å²) >= 11 is 6.11. The van der Waals surface area contributed by atoms with E-state index in [-0.39, 0.29) is 11.6 Å². The molecule has 0 aliphatic carbocycles. The highest BCUT2D eigenvalue weighted by atomic mass is 35.5. The average Bonchev–Trinajstić information content (AvgIpc) is 3.18. The summed E-state index contributed by atoms with van der Waals surface area (Å²) in [5.41, 5.74) is 1.53. The fourth-order valence-electron chi connectivity index (χ4n) is 2.88. The summed E-state index contributed by atoms with van der Waals surface area (Å²) in [6.45, 7) is 0. The molecule has 0 atom stereocenters. The number of ether oxygens (including phenoxy) is 1. The second kappa shape index (κ2) is 7.13. The van der Waals surface area contributed by atoms with Gasteiger partial charge in [0, 0.05) is 11.3 Å². The predicted octanol–water partition coefficient (Wildman–Crippen LogP) is 5.41. The Hall–Kier alpha value is -3.31. The van der Waals surface area contributed by atoms with Gasteiger partial charge in [0.05, 0.1) is 12.1 Å². The van der Waals surface area contributed by atoms with Crippen molar-refractivity contribution < 1.29 is 13.9 Å². The number of hydrogen-bond donors (Lipinski definition) is 1. The molecule has 1 aromatic heterocycles. The molecule has 0 unspecified atom stereocenters. The number of rotatable bonds is 4. The summed E-state index contributed by atoms with van der Waals surface area (Å²) in [4.78, 5) is 16.8. The van der Waals surface area contributed by atoms with Gasteiger partial charge in [-0.1, -0.05) is 48.0 Å². The summed E-state index contributed by atoms with van der Waals surface area (Å²) in [7, 11) is 1.53. The lowest BCUT2D eigenvalue weighted by Crippen LogP contribution is -2.13. The molecular formula is C21H15ClN2O3. The van der Waals surface area contributed by atoms with Crippen LogP contribution in [0.25, 0.3) is 22.1 Å². The van der Waals surface area contributed by atoms with Crippen molar-refractivity contribution in [3.8, 4) is 17.1 Å². The highest BCUT2D eigenvalue weighted by Crippen LogP contribution is 2.29. The first kappa shape index (κ1) is 17.1. The van der Waals surface area contributed by atoms with Crippen LogP contribution >= 0.6 is 11.6 Å². The van der Waals surface area contributed by atoms with Crippen molar-refractivity contribution in [3.05, 3.63) is 77.8 Å². The van der Waals surface area contributed by atoms with Gasteiger partial charge in [-0.15, -0.1) is 0 Å². The van der Waals surface area contributed by atoms with E-state index in [9.17, 15) is 4.79 Å². The lowest BCUT2D eigenvalue weighted by molar-refractivity contribution is 0.102. The van der Waals surface area contributed by atoms with Gasteiger partial charge in [-0.2, -0.15) is 0 Å². The van der Waals surface area contributed by atoms with E-state index in [4.69, 9.17) is 20.8 Å². The molecule has 4 aromatic rings. The van der Waals surface area contributed by atoms with Crippen LogP contribution in [0.2, 0.25) is 5.02 Å². The van der Waals surface area contributed by atoms with Crippen LogP contribution in [0.1, 0.15) is 10.5 Å². The predicted molar refractivity (Wildman–Crippen MR) is 105 cm³/mol. The molecule has 1 N–H and O–H groups in total. The summed E-state index contributed by atoms with van der Waals surface area (Å²) in [6, 6.07) is 18.9. The van der Waals surface area contributed by atoms with Gasteiger partial charge in [-0.05, 0) is 35.0 Å². The average molecular weight is 379 g/mol. The Labute approximate surface area is 160 Å². The fourth-order valence-corrected chi connectivity index (χ4v) is 3.14. The largest absolute Gasteiger partial charge is 0.495 e. The zero-order chi connectivity index (χ0) is 18.8. The van der Waals surface area contributed by atoms with Crippen molar-refractivity contribution in [1.82, 2.24) is 4.98 Å². The topological polar surface area (TPSA) is 64.4 Å². The number of anilines is 1. The molecule has 27 heavy (non-hydrogen) atoms. The first-order valence-corrected chi connectivity index (χ1v) is 8.61. The van der Waals surface area contributed by atoms with Crippen molar-refractivity contribution >= 4 is 34.0 Å². The SMILES string of the molecule is COc1ccc(NC(=O)c2ncoc2-c2ccc3ccccc3c2)cc1Cl. The molecule has 6 heteroatoms. The Bertz CT molecular complexity index is 1140. The number of nitrogens with zero attached hydrogens (tertiary/aromatic N) is 1. The van der Waals surface area contributed by atoms with Gasteiger partial charge in [0.1, 0.15) is 5.75 Å². The van der Waals surface area contributed by atoms with Crippen molar-refractivity contribution in [2.24, 2.45) is 0 Å². The van der Waals surface area contributed by atoms with Crippen molar-refractivity contribution in [3.63, 3.8) is 0 Å². The van der Waals surface area contributed by atoms with Crippen LogP contribution in [0.5, 0.6) is 5.75 Å². The molecular weight excluding hydrogens is 364 g/mol. The van der Waals surface area contributed by atoms with Gasteiger partial charge in [0.2, 0.25) is 0 Å². The maximum absolute atomic E-state index is 12.7. The van der Waals surface area contributed by atoms with E-state index in [0.29, 0.717) is 22.2 Å². The van der Waals surface area contributed by atoms with Gasteiger partial charge in [-0.3, -0.25) is 4.79 Å². The van der Waals surface area contributed by atoms with Crippen molar-refractivity contribution in [2.45, 2.75) is 0 Å². The number of fused-ring (bicyclic) bond motifs is 1. The summed E-state index contributed by atoms with van der Waals surface area (Å²) in [6.07, 6.45) is 1.26. The minimum atomic E-state index is -0.381. The number of carbonyl (C=O) groups is 1. The molecule has 0 aliphatic rings. The molecule has 0 radical (unpaired) electrons. The van der Waals surface area contributed by atoms with E-state index < -0.39 is 0 Å². The van der Waals surface area contributed by atoms with Gasteiger partial charge >= 0.3 is 0 Å². The van der Waals surface area contributed by atoms with Crippen molar-refractivity contribution in [1.29, 1.82) is 0 Å². The minimum Gasteiger partial charge on any atom is -0.495 e. The van der Waals surface area contributed by atoms with E-state index in [1.165, 1.54) is 13.5 Å². The van der Waals surface area contributed by atoms with E-state index >= 15 is 0 Å². The Morgan fingerprint density at radius 1 is 1.07 bits per heavy atom. The van der Waals surface area contributed by atoms with Crippen LogP contribution in [0.15, 0.2) is 71.5 Å². The molecule has 0 aliphatic heterocycles. The fraction of sp³-hybridized carbons (Fsp3) is 0.0476. The van der Waals surface area contributed by atoms with Crippen LogP contribution in [0, 0.1) is 0 Å². The molecule has 1 amide bonds. The van der Waals surface area contributed by atoms with Crippen LogP contribution < -0.4 is 10.1 Å². The molecule has 5 nitrogen and oxygen atoms in total. The molecule has 134 valence electrons. The molecule has 1 heterocycles. The number of hydrogen-bond acceptors (Lipinski definition) is 4. The van der Waals surface area contributed by atoms with Crippen LogP contribution in [0.3, 0.4) is 0 Å². The second-order valence-corrected chi connectivity index (χ2v) is 6.30. The van der Waals surface area contributed by atoms with E-state index in [1.807, 2.05) is 42.5 Å². The maximum Gasteiger partial charge on any atom is 0.278 e. The zero-order valence-electron chi connectivity index (χ0n) is 14.4. The van der Waals surface area contributed by atoms with Gasteiger partial charge < -0.3 is 14.5 Å². The molecule has 4 rings (SSSR count). The van der Waals surface area contributed by atoms with Gasteiger partial charge in [-0.25, -0.2) is 4.98 Å². The van der Waals surface area contributed by atoms with Crippen LogP contribution in [0.4, 0.5) is 5.69 Å². The third-order valence-electron chi connectivity index (χ3n) is 4.20. The normalized spacial score (nSPS) is 10.7. The Balaban J connectivity index is 1.64. The number of aromatic nitrogens is 1. The highest BCUT2D eigenvalue weighted by Gasteiger charge is 2.19. The number of halogens is 1. The van der Waals surface area contributed by atoms with Gasteiger partial charge in [0.25, 0.3) is 5.91 Å². The third-order valence-corrected chi connectivity index (χ3v) is 4.50. The van der Waals surface area contributed by atoms with Crippen molar-refractivity contribution in [2.75, 3.05) is 12.4 Å². The zero-order valence-corrected chi connectivity index (χ0v) is 15.2. The third kappa shape index (κ3) is 3.37. The second-order valence-electron chi connectivity index (χ2n) is 5.90. The molecule has 0 fully saturated rings. The lowest BCUT2D eigenvalue weighted by Gasteiger charge is -2.08. The Kier molecular flexibility index (Phi) is 4.52. The number of oxazole rings is 1. The van der Waals surface area contributed by atoms with E-state index in [2.05, 4.69) is 10.3 Å². The molecule has 0 saturated heterocycles. The Morgan fingerprint density at radius 2 is 1.89 bits per heavy atom.